The van der Waals surface area contributed by atoms with Gasteiger partial charge >= 0.3 is 0 Å². The molecular formula is C17H23N3O3. The summed E-state index contributed by atoms with van der Waals surface area (Å²) in [6.07, 6.45) is 1.13. The van der Waals surface area contributed by atoms with E-state index in [9.17, 15) is 9.90 Å². The van der Waals surface area contributed by atoms with Crippen molar-refractivity contribution in [1.82, 2.24) is 14.9 Å². The van der Waals surface area contributed by atoms with E-state index in [4.69, 9.17) is 4.74 Å². The van der Waals surface area contributed by atoms with Crippen molar-refractivity contribution in [2.24, 2.45) is 13.0 Å². The highest BCUT2D eigenvalue weighted by molar-refractivity contribution is 5.79. The SMILES string of the molecule is CO[C@@H]1C[C@H](C(=O)NCc2nc3ccccc3n2C)CC[C@@H]1O. The van der Waals surface area contributed by atoms with Crippen LogP contribution in [0.4, 0.5) is 0 Å². The minimum atomic E-state index is -0.469. The molecule has 0 saturated heterocycles. The Morgan fingerprint density at radius 1 is 1.43 bits per heavy atom. The highest BCUT2D eigenvalue weighted by Crippen LogP contribution is 2.26. The van der Waals surface area contributed by atoms with Crippen LogP contribution >= 0.6 is 0 Å². The molecule has 6 nitrogen and oxygen atoms in total. The molecule has 1 saturated carbocycles. The number of fused-ring (bicyclic) bond motifs is 1. The second-order valence-electron chi connectivity index (χ2n) is 6.15. The van der Waals surface area contributed by atoms with Crippen molar-refractivity contribution < 1.29 is 14.6 Å². The Balaban J connectivity index is 1.63. The lowest BCUT2D eigenvalue weighted by Crippen LogP contribution is -2.41. The van der Waals surface area contributed by atoms with Crippen LogP contribution in [0.2, 0.25) is 0 Å². The summed E-state index contributed by atoms with van der Waals surface area (Å²) in [5, 5.41) is 12.8. The van der Waals surface area contributed by atoms with Crippen LogP contribution in [0.1, 0.15) is 25.1 Å². The number of hydrogen-bond acceptors (Lipinski definition) is 4. The number of aliphatic hydroxyl groups is 1. The number of carbonyl (C=O) groups is 1. The van der Waals surface area contributed by atoms with E-state index >= 15 is 0 Å². The topological polar surface area (TPSA) is 76.4 Å². The van der Waals surface area contributed by atoms with E-state index in [1.807, 2.05) is 35.9 Å². The van der Waals surface area contributed by atoms with Crippen molar-refractivity contribution >= 4 is 16.9 Å². The van der Waals surface area contributed by atoms with Crippen LogP contribution in [0, 0.1) is 5.92 Å². The third-order valence-electron chi connectivity index (χ3n) is 4.73. The number of amides is 1. The highest BCUT2D eigenvalue weighted by atomic mass is 16.5. The van der Waals surface area contributed by atoms with Crippen molar-refractivity contribution in [1.29, 1.82) is 0 Å². The zero-order chi connectivity index (χ0) is 16.4. The van der Waals surface area contributed by atoms with Gasteiger partial charge in [0.2, 0.25) is 5.91 Å². The monoisotopic (exact) mass is 317 g/mol. The molecule has 0 aliphatic heterocycles. The van der Waals surface area contributed by atoms with Crippen molar-refractivity contribution in [3.63, 3.8) is 0 Å². The Morgan fingerprint density at radius 3 is 2.96 bits per heavy atom. The molecule has 3 rings (SSSR count). The summed E-state index contributed by atoms with van der Waals surface area (Å²) < 4.78 is 7.26. The van der Waals surface area contributed by atoms with Gasteiger partial charge in [-0.25, -0.2) is 4.98 Å². The quantitative estimate of drug-likeness (QED) is 0.893. The second-order valence-corrected chi connectivity index (χ2v) is 6.15. The summed E-state index contributed by atoms with van der Waals surface area (Å²) in [7, 11) is 3.53. The first-order valence-corrected chi connectivity index (χ1v) is 7.99. The molecule has 1 aromatic heterocycles. The molecule has 1 heterocycles. The summed E-state index contributed by atoms with van der Waals surface area (Å²) in [6, 6.07) is 7.91. The number of aliphatic hydroxyl groups excluding tert-OH is 1. The lowest BCUT2D eigenvalue weighted by atomic mass is 9.84. The number of benzene rings is 1. The smallest absolute Gasteiger partial charge is 0.223 e. The van der Waals surface area contributed by atoms with E-state index in [1.165, 1.54) is 0 Å². The van der Waals surface area contributed by atoms with E-state index in [0.717, 1.165) is 16.9 Å². The van der Waals surface area contributed by atoms with Crippen molar-refractivity contribution in [3.05, 3.63) is 30.1 Å². The first-order chi connectivity index (χ1) is 11.1. The van der Waals surface area contributed by atoms with Crippen LogP contribution in [0.5, 0.6) is 0 Å². The number of nitrogens with one attached hydrogen (secondary N) is 1. The molecule has 2 N–H and O–H groups in total. The molecule has 0 radical (unpaired) electrons. The van der Waals surface area contributed by atoms with Crippen molar-refractivity contribution in [3.8, 4) is 0 Å². The molecule has 124 valence electrons. The zero-order valence-corrected chi connectivity index (χ0v) is 13.5. The maximum Gasteiger partial charge on any atom is 0.223 e. The number of aromatic nitrogens is 2. The first kappa shape index (κ1) is 16.0. The number of nitrogens with zero attached hydrogens (tertiary/aromatic N) is 2. The zero-order valence-electron chi connectivity index (χ0n) is 13.5. The van der Waals surface area contributed by atoms with Crippen molar-refractivity contribution in [2.75, 3.05) is 7.11 Å². The van der Waals surface area contributed by atoms with Gasteiger partial charge in [-0.1, -0.05) is 12.1 Å². The maximum atomic E-state index is 12.4. The molecule has 0 bridgehead atoms. The minimum absolute atomic E-state index is 0.00556. The molecule has 1 fully saturated rings. The number of para-hydroxylation sites is 2. The third-order valence-corrected chi connectivity index (χ3v) is 4.73. The van der Waals surface area contributed by atoms with Gasteiger partial charge in [-0.15, -0.1) is 0 Å². The first-order valence-electron chi connectivity index (χ1n) is 7.99. The third kappa shape index (κ3) is 3.23. The summed E-state index contributed by atoms with van der Waals surface area (Å²) in [4.78, 5) is 16.9. The molecule has 2 aromatic rings. The fraction of sp³-hybridized carbons (Fsp3) is 0.529. The summed E-state index contributed by atoms with van der Waals surface area (Å²) in [5.41, 5.74) is 1.98. The lowest BCUT2D eigenvalue weighted by Gasteiger charge is -2.31. The molecule has 1 aliphatic rings. The van der Waals surface area contributed by atoms with Crippen LogP contribution in [-0.2, 0) is 23.1 Å². The summed E-state index contributed by atoms with van der Waals surface area (Å²) in [6.45, 7) is 0.403. The van der Waals surface area contributed by atoms with Gasteiger partial charge in [-0.05, 0) is 31.4 Å². The number of carbonyl (C=O) groups excluding carboxylic acids is 1. The van der Waals surface area contributed by atoms with Gasteiger partial charge < -0.3 is 19.7 Å². The van der Waals surface area contributed by atoms with E-state index in [-0.39, 0.29) is 17.9 Å². The van der Waals surface area contributed by atoms with Gasteiger partial charge in [0.15, 0.2) is 0 Å². The Morgan fingerprint density at radius 2 is 2.22 bits per heavy atom. The number of rotatable bonds is 4. The number of methoxy groups -OCH3 is 1. The van der Waals surface area contributed by atoms with Crippen molar-refractivity contribution in [2.45, 2.75) is 38.0 Å². The van der Waals surface area contributed by atoms with Gasteiger partial charge in [0, 0.05) is 20.1 Å². The van der Waals surface area contributed by atoms with Gasteiger partial charge in [-0.2, -0.15) is 0 Å². The second kappa shape index (κ2) is 6.68. The van der Waals surface area contributed by atoms with Gasteiger partial charge in [0.05, 0.1) is 29.8 Å². The number of imidazole rings is 1. The maximum absolute atomic E-state index is 12.4. The standard InChI is InChI=1S/C17H23N3O3/c1-20-13-6-4-3-5-12(13)19-16(20)10-18-17(22)11-7-8-14(21)15(9-11)23-2/h3-6,11,14-15,21H,7-10H2,1-2H3,(H,18,22)/t11-,14+,15-/m1/s1. The lowest BCUT2D eigenvalue weighted by molar-refractivity contribution is -0.130. The Labute approximate surface area is 135 Å². The highest BCUT2D eigenvalue weighted by Gasteiger charge is 2.32. The summed E-state index contributed by atoms with van der Waals surface area (Å²) >= 11 is 0. The molecule has 1 amide bonds. The number of hydrogen-bond donors (Lipinski definition) is 2. The predicted octanol–water partition coefficient (Wildman–Crippen LogP) is 1.37. The predicted molar refractivity (Wildman–Crippen MR) is 86.7 cm³/mol. The fourth-order valence-electron chi connectivity index (χ4n) is 3.27. The summed E-state index contributed by atoms with van der Waals surface area (Å²) in [5.74, 6) is 0.725. The largest absolute Gasteiger partial charge is 0.390 e. The number of ether oxygens (including phenoxy) is 1. The molecular weight excluding hydrogens is 294 g/mol. The van der Waals surface area contributed by atoms with E-state index in [1.54, 1.807) is 7.11 Å². The average Bonchev–Trinajstić information content (AvgIpc) is 2.89. The van der Waals surface area contributed by atoms with Gasteiger partial charge in [0.25, 0.3) is 0 Å². The van der Waals surface area contributed by atoms with Gasteiger partial charge in [0.1, 0.15) is 5.82 Å². The van der Waals surface area contributed by atoms with Crippen LogP contribution in [0.15, 0.2) is 24.3 Å². The van der Waals surface area contributed by atoms with Crippen LogP contribution in [-0.4, -0.2) is 39.9 Å². The molecule has 1 aromatic carbocycles. The molecule has 23 heavy (non-hydrogen) atoms. The van der Waals surface area contributed by atoms with Crippen LogP contribution in [0.25, 0.3) is 11.0 Å². The van der Waals surface area contributed by atoms with Gasteiger partial charge in [-0.3, -0.25) is 4.79 Å². The molecule has 0 spiro atoms. The van der Waals surface area contributed by atoms with E-state index in [2.05, 4.69) is 10.3 Å². The Hall–Kier alpha value is -1.92. The normalized spacial score (nSPS) is 24.7. The van der Waals surface area contributed by atoms with E-state index in [0.29, 0.717) is 25.8 Å². The van der Waals surface area contributed by atoms with E-state index < -0.39 is 6.10 Å². The molecule has 0 unspecified atom stereocenters. The molecule has 3 atom stereocenters. The minimum Gasteiger partial charge on any atom is -0.390 e. The van der Waals surface area contributed by atoms with Crippen LogP contribution < -0.4 is 5.32 Å². The number of aryl methyl sites for hydroxylation is 1. The van der Waals surface area contributed by atoms with Crippen LogP contribution in [0.3, 0.4) is 0 Å². The Bertz CT molecular complexity index is 697. The molecule has 1 aliphatic carbocycles. The molecule has 6 heteroatoms. The average molecular weight is 317 g/mol. The fourth-order valence-corrected chi connectivity index (χ4v) is 3.27. The Kier molecular flexibility index (Phi) is 4.63.